The highest BCUT2D eigenvalue weighted by atomic mass is 19.4. The molecule has 20 heavy (non-hydrogen) atoms. The van der Waals surface area contributed by atoms with Gasteiger partial charge >= 0.3 is 12.2 Å². The van der Waals surface area contributed by atoms with Gasteiger partial charge in [0.15, 0.2) is 0 Å². The first-order valence-electron chi connectivity index (χ1n) is 6.18. The molecule has 2 amide bonds. The minimum atomic E-state index is -4.39. The highest BCUT2D eigenvalue weighted by Gasteiger charge is 2.42. The standard InChI is InChI=1S/C13H15F3N2O2/c14-13(15,16)9-1-3-10(4-2-9)18-11(20)17-7-12(8-19)5-6-12/h1-4,19H,5-8H2,(H2,17,18,20). The quantitative estimate of drug-likeness (QED) is 0.797. The minimum absolute atomic E-state index is 0.0214. The average Bonchev–Trinajstić information content (AvgIpc) is 3.17. The van der Waals surface area contributed by atoms with Crippen molar-refractivity contribution in [1.29, 1.82) is 0 Å². The molecule has 0 aromatic heterocycles. The Balaban J connectivity index is 1.85. The summed E-state index contributed by atoms with van der Waals surface area (Å²) in [6, 6.07) is 3.71. The Bertz CT molecular complexity index is 481. The molecule has 1 aliphatic rings. The van der Waals surface area contributed by atoms with Crippen LogP contribution in [0.25, 0.3) is 0 Å². The molecule has 1 aromatic rings. The first-order chi connectivity index (χ1) is 9.35. The van der Waals surface area contributed by atoms with Gasteiger partial charge in [-0.2, -0.15) is 13.2 Å². The second-order valence-electron chi connectivity index (χ2n) is 5.04. The second kappa shape index (κ2) is 5.32. The molecule has 110 valence electrons. The Morgan fingerprint density at radius 1 is 1.25 bits per heavy atom. The molecule has 0 aliphatic heterocycles. The number of amides is 2. The largest absolute Gasteiger partial charge is 0.416 e. The molecule has 0 unspecified atom stereocenters. The molecule has 0 radical (unpaired) electrons. The number of benzene rings is 1. The van der Waals surface area contributed by atoms with Crippen molar-refractivity contribution in [3.63, 3.8) is 0 Å². The molecule has 7 heteroatoms. The van der Waals surface area contributed by atoms with Crippen molar-refractivity contribution < 1.29 is 23.1 Å². The van der Waals surface area contributed by atoms with Gasteiger partial charge in [0.25, 0.3) is 0 Å². The fraction of sp³-hybridized carbons (Fsp3) is 0.462. The van der Waals surface area contributed by atoms with E-state index in [1.54, 1.807) is 0 Å². The summed E-state index contributed by atoms with van der Waals surface area (Å²) in [4.78, 5) is 11.6. The summed E-state index contributed by atoms with van der Waals surface area (Å²) in [7, 11) is 0. The predicted octanol–water partition coefficient (Wildman–Crippen LogP) is 2.60. The molecule has 0 saturated heterocycles. The van der Waals surface area contributed by atoms with Crippen molar-refractivity contribution >= 4 is 11.7 Å². The molecule has 1 saturated carbocycles. The number of anilines is 1. The lowest BCUT2D eigenvalue weighted by Crippen LogP contribution is -2.35. The van der Waals surface area contributed by atoms with Crippen LogP contribution < -0.4 is 10.6 Å². The number of hydrogen-bond donors (Lipinski definition) is 3. The van der Waals surface area contributed by atoms with Crippen LogP contribution in [0.1, 0.15) is 18.4 Å². The zero-order chi connectivity index (χ0) is 14.8. The smallest absolute Gasteiger partial charge is 0.396 e. The van der Waals surface area contributed by atoms with E-state index in [4.69, 9.17) is 5.11 Å². The molecule has 1 aliphatic carbocycles. The highest BCUT2D eigenvalue weighted by molar-refractivity contribution is 5.89. The van der Waals surface area contributed by atoms with Crippen molar-refractivity contribution in [2.45, 2.75) is 19.0 Å². The van der Waals surface area contributed by atoms with Crippen molar-refractivity contribution in [2.24, 2.45) is 5.41 Å². The van der Waals surface area contributed by atoms with Crippen LogP contribution in [0.5, 0.6) is 0 Å². The summed E-state index contributed by atoms with van der Waals surface area (Å²) in [5.41, 5.74) is -0.692. The van der Waals surface area contributed by atoms with Crippen molar-refractivity contribution in [1.82, 2.24) is 5.32 Å². The van der Waals surface area contributed by atoms with E-state index in [9.17, 15) is 18.0 Å². The Kier molecular flexibility index (Phi) is 3.89. The van der Waals surface area contributed by atoms with E-state index in [0.717, 1.165) is 25.0 Å². The van der Waals surface area contributed by atoms with Crippen LogP contribution in [0.4, 0.5) is 23.7 Å². The van der Waals surface area contributed by atoms with Gasteiger partial charge in [-0.25, -0.2) is 4.79 Å². The zero-order valence-electron chi connectivity index (χ0n) is 10.6. The lowest BCUT2D eigenvalue weighted by Gasteiger charge is -2.13. The Morgan fingerprint density at radius 3 is 2.30 bits per heavy atom. The number of alkyl halides is 3. The number of urea groups is 1. The van der Waals surface area contributed by atoms with Crippen LogP contribution in [0.2, 0.25) is 0 Å². The number of aliphatic hydroxyl groups is 1. The predicted molar refractivity (Wildman–Crippen MR) is 67.2 cm³/mol. The number of nitrogens with one attached hydrogen (secondary N) is 2. The lowest BCUT2D eigenvalue weighted by molar-refractivity contribution is -0.137. The van der Waals surface area contributed by atoms with Gasteiger partial charge in [-0.1, -0.05) is 0 Å². The fourth-order valence-corrected chi connectivity index (χ4v) is 1.75. The van der Waals surface area contributed by atoms with Gasteiger partial charge in [0.05, 0.1) is 12.2 Å². The van der Waals surface area contributed by atoms with E-state index < -0.39 is 17.8 Å². The van der Waals surface area contributed by atoms with Gasteiger partial charge in [0.2, 0.25) is 0 Å². The van der Waals surface area contributed by atoms with Crippen LogP contribution in [0, 0.1) is 5.41 Å². The zero-order valence-corrected chi connectivity index (χ0v) is 10.6. The van der Waals surface area contributed by atoms with E-state index in [1.165, 1.54) is 12.1 Å². The molecule has 4 nitrogen and oxygen atoms in total. The first kappa shape index (κ1) is 14.6. The van der Waals surface area contributed by atoms with E-state index in [0.29, 0.717) is 6.54 Å². The summed E-state index contributed by atoms with van der Waals surface area (Å²) in [6.07, 6.45) is -2.66. The molecule has 2 rings (SSSR count). The normalized spacial score (nSPS) is 16.6. The van der Waals surface area contributed by atoms with Crippen LogP contribution in [-0.4, -0.2) is 24.3 Å². The minimum Gasteiger partial charge on any atom is -0.396 e. The third kappa shape index (κ3) is 3.63. The van der Waals surface area contributed by atoms with Gasteiger partial charge in [0.1, 0.15) is 0 Å². The summed E-state index contributed by atoms with van der Waals surface area (Å²) >= 11 is 0. The number of aliphatic hydroxyl groups excluding tert-OH is 1. The summed E-state index contributed by atoms with van der Waals surface area (Å²) in [5, 5.41) is 14.1. The molecule has 3 N–H and O–H groups in total. The molecule has 0 atom stereocenters. The number of halogens is 3. The van der Waals surface area contributed by atoms with Gasteiger partial charge in [-0.15, -0.1) is 0 Å². The van der Waals surface area contributed by atoms with Gasteiger partial charge in [-0.05, 0) is 37.1 Å². The average molecular weight is 288 g/mol. The SMILES string of the molecule is O=C(NCC1(CO)CC1)Nc1ccc(C(F)(F)F)cc1. The van der Waals surface area contributed by atoms with Crippen LogP contribution >= 0.6 is 0 Å². The van der Waals surface area contributed by atoms with Crippen molar-refractivity contribution in [2.75, 3.05) is 18.5 Å². The first-order valence-corrected chi connectivity index (χ1v) is 6.18. The molecule has 1 aromatic carbocycles. The van der Waals surface area contributed by atoms with Gasteiger partial charge in [0, 0.05) is 17.6 Å². The van der Waals surface area contributed by atoms with Crippen LogP contribution in [0.15, 0.2) is 24.3 Å². The third-order valence-electron chi connectivity index (χ3n) is 3.39. The van der Waals surface area contributed by atoms with E-state index >= 15 is 0 Å². The van der Waals surface area contributed by atoms with Crippen molar-refractivity contribution in [3.8, 4) is 0 Å². The third-order valence-corrected chi connectivity index (χ3v) is 3.39. The van der Waals surface area contributed by atoms with E-state index in [1.807, 2.05) is 0 Å². The molecule has 1 fully saturated rings. The Labute approximate surface area is 114 Å². The van der Waals surface area contributed by atoms with Crippen molar-refractivity contribution in [3.05, 3.63) is 29.8 Å². The maximum Gasteiger partial charge on any atom is 0.416 e. The maximum absolute atomic E-state index is 12.4. The number of carbonyl (C=O) groups excluding carboxylic acids is 1. The molecule has 0 bridgehead atoms. The molecule has 0 spiro atoms. The molecular weight excluding hydrogens is 273 g/mol. The topological polar surface area (TPSA) is 61.4 Å². The lowest BCUT2D eigenvalue weighted by atomic mass is 10.1. The van der Waals surface area contributed by atoms with Crippen LogP contribution in [-0.2, 0) is 6.18 Å². The van der Waals surface area contributed by atoms with E-state index in [-0.39, 0.29) is 17.7 Å². The number of rotatable bonds is 4. The van der Waals surface area contributed by atoms with Crippen LogP contribution in [0.3, 0.4) is 0 Å². The summed E-state index contributed by atoms with van der Waals surface area (Å²) in [6.45, 7) is 0.378. The van der Waals surface area contributed by atoms with E-state index in [2.05, 4.69) is 10.6 Å². The Hall–Kier alpha value is -1.76. The highest BCUT2D eigenvalue weighted by Crippen LogP contribution is 2.44. The maximum atomic E-state index is 12.4. The van der Waals surface area contributed by atoms with Gasteiger partial charge in [-0.3, -0.25) is 0 Å². The molecule has 0 heterocycles. The fourth-order valence-electron chi connectivity index (χ4n) is 1.75. The monoisotopic (exact) mass is 288 g/mol. The summed E-state index contributed by atoms with van der Waals surface area (Å²) in [5.74, 6) is 0. The molecular formula is C13H15F3N2O2. The second-order valence-corrected chi connectivity index (χ2v) is 5.04. The van der Waals surface area contributed by atoms with Gasteiger partial charge < -0.3 is 15.7 Å². The summed E-state index contributed by atoms with van der Waals surface area (Å²) < 4.78 is 37.1. The number of hydrogen-bond acceptors (Lipinski definition) is 2. The number of carbonyl (C=O) groups is 1. The Morgan fingerprint density at radius 2 is 1.85 bits per heavy atom.